The van der Waals surface area contributed by atoms with Crippen molar-refractivity contribution in [3.63, 3.8) is 0 Å². The van der Waals surface area contributed by atoms with Crippen molar-refractivity contribution in [2.24, 2.45) is 11.8 Å². The number of carbonyl (C=O) groups is 3. The molecule has 2 heterocycles. The van der Waals surface area contributed by atoms with Crippen molar-refractivity contribution in [2.75, 3.05) is 32.7 Å². The lowest BCUT2D eigenvalue weighted by Crippen LogP contribution is -2.55. The predicted octanol–water partition coefficient (Wildman–Crippen LogP) is 1.39. The second kappa shape index (κ2) is 7.89. The molecule has 2 saturated heterocycles. The molecule has 1 N–H and O–H groups in total. The largest absolute Gasteiger partial charge is 0.444 e. The molecular weight excluding hydrogens is 322 g/mol. The Morgan fingerprint density at radius 3 is 2.28 bits per heavy atom. The lowest BCUT2D eigenvalue weighted by Gasteiger charge is -2.40. The van der Waals surface area contributed by atoms with Gasteiger partial charge in [-0.15, -0.1) is 0 Å². The van der Waals surface area contributed by atoms with Crippen molar-refractivity contribution in [1.29, 1.82) is 0 Å². The number of carbonyl (C=O) groups excluding carboxylic acids is 3. The lowest BCUT2D eigenvalue weighted by molar-refractivity contribution is -0.132. The molecule has 0 radical (unpaired) electrons. The molecule has 25 heavy (non-hydrogen) atoms. The second-order valence-corrected chi connectivity index (χ2v) is 7.80. The van der Waals surface area contributed by atoms with Crippen molar-refractivity contribution in [1.82, 2.24) is 15.1 Å². The summed E-state index contributed by atoms with van der Waals surface area (Å²) >= 11 is 0. The zero-order valence-electron chi connectivity index (χ0n) is 15.4. The summed E-state index contributed by atoms with van der Waals surface area (Å²) in [6.07, 6.45) is 2.38. The Balaban J connectivity index is 1.63. The minimum absolute atomic E-state index is 0.0430. The molecule has 2 fully saturated rings. The summed E-state index contributed by atoms with van der Waals surface area (Å²) in [6, 6.07) is 0. The van der Waals surface area contributed by atoms with Crippen LogP contribution in [0, 0.1) is 11.8 Å². The summed E-state index contributed by atoms with van der Waals surface area (Å²) in [6.45, 7) is 12.0. The minimum atomic E-state index is -0.488. The second-order valence-electron chi connectivity index (χ2n) is 7.80. The third-order valence-corrected chi connectivity index (χ3v) is 4.53. The van der Waals surface area contributed by atoms with E-state index in [-0.39, 0.29) is 29.7 Å². The maximum absolute atomic E-state index is 12.3. The average molecular weight is 351 g/mol. The molecule has 0 unspecified atom stereocenters. The summed E-state index contributed by atoms with van der Waals surface area (Å²) in [4.78, 5) is 39.0. The third-order valence-electron chi connectivity index (χ3n) is 4.53. The number of piperidine rings is 1. The van der Waals surface area contributed by atoms with E-state index in [0.717, 1.165) is 0 Å². The number of hydrogen-bond acceptors (Lipinski definition) is 4. The van der Waals surface area contributed by atoms with Crippen LogP contribution < -0.4 is 5.32 Å². The molecule has 0 aromatic heterocycles. The zero-order chi connectivity index (χ0) is 18.6. The maximum atomic E-state index is 12.3. The molecule has 2 rings (SSSR count). The van der Waals surface area contributed by atoms with Gasteiger partial charge in [-0.25, -0.2) is 4.79 Å². The Bertz CT molecular complexity index is 527. The smallest absolute Gasteiger partial charge is 0.410 e. The molecule has 0 aliphatic carbocycles. The Morgan fingerprint density at radius 1 is 1.16 bits per heavy atom. The standard InChI is InChI=1S/C18H29N3O4/c1-5-15(22)20-8-6-14(7-9-20)16(23)19-10-13-11-21(12-13)17(24)25-18(2,3)4/h5,13-14H,1,6-12H2,2-4H3,(H,19,23). The molecule has 140 valence electrons. The summed E-state index contributed by atoms with van der Waals surface area (Å²) < 4.78 is 5.31. The quantitative estimate of drug-likeness (QED) is 0.777. The van der Waals surface area contributed by atoms with Gasteiger partial charge in [0, 0.05) is 44.6 Å². The SMILES string of the molecule is C=CC(=O)N1CCC(C(=O)NCC2CN(C(=O)OC(C)(C)C)C2)CC1. The van der Waals surface area contributed by atoms with Gasteiger partial charge < -0.3 is 19.9 Å². The number of amides is 3. The van der Waals surface area contributed by atoms with Crippen LogP contribution in [-0.4, -0.2) is 66.0 Å². The van der Waals surface area contributed by atoms with Crippen LogP contribution in [0.2, 0.25) is 0 Å². The van der Waals surface area contributed by atoms with Crippen molar-refractivity contribution in [2.45, 2.75) is 39.2 Å². The van der Waals surface area contributed by atoms with Crippen LogP contribution in [0.25, 0.3) is 0 Å². The minimum Gasteiger partial charge on any atom is -0.444 e. The van der Waals surface area contributed by atoms with Gasteiger partial charge >= 0.3 is 6.09 Å². The average Bonchev–Trinajstić information content (AvgIpc) is 2.50. The molecule has 0 spiro atoms. The molecular formula is C18H29N3O4. The van der Waals surface area contributed by atoms with Crippen molar-refractivity contribution in [3.8, 4) is 0 Å². The first-order valence-electron chi connectivity index (χ1n) is 8.86. The Morgan fingerprint density at radius 2 is 1.76 bits per heavy atom. The number of ether oxygens (including phenoxy) is 1. The van der Waals surface area contributed by atoms with Crippen molar-refractivity contribution >= 4 is 17.9 Å². The van der Waals surface area contributed by atoms with Gasteiger partial charge in [-0.2, -0.15) is 0 Å². The monoisotopic (exact) mass is 351 g/mol. The number of rotatable bonds is 4. The van der Waals surface area contributed by atoms with Gasteiger partial charge in [0.1, 0.15) is 5.60 Å². The topological polar surface area (TPSA) is 79.0 Å². The molecule has 0 aromatic rings. The van der Waals surface area contributed by atoms with Gasteiger partial charge in [-0.1, -0.05) is 6.58 Å². The first kappa shape index (κ1) is 19.3. The van der Waals surface area contributed by atoms with Crippen molar-refractivity contribution in [3.05, 3.63) is 12.7 Å². The Kier molecular flexibility index (Phi) is 6.08. The molecule has 0 bridgehead atoms. The fraction of sp³-hybridized carbons (Fsp3) is 0.722. The fourth-order valence-electron chi connectivity index (χ4n) is 3.05. The highest BCUT2D eigenvalue weighted by Gasteiger charge is 2.34. The summed E-state index contributed by atoms with van der Waals surface area (Å²) in [5, 5.41) is 2.98. The highest BCUT2D eigenvalue weighted by molar-refractivity contribution is 5.87. The maximum Gasteiger partial charge on any atom is 0.410 e. The van der Waals surface area contributed by atoms with Crippen LogP contribution in [0.5, 0.6) is 0 Å². The predicted molar refractivity (Wildman–Crippen MR) is 93.8 cm³/mol. The fourth-order valence-corrected chi connectivity index (χ4v) is 3.05. The molecule has 0 atom stereocenters. The van der Waals surface area contributed by atoms with Crippen LogP contribution in [0.15, 0.2) is 12.7 Å². The van der Waals surface area contributed by atoms with Gasteiger partial charge in [0.05, 0.1) is 0 Å². The van der Waals surface area contributed by atoms with E-state index < -0.39 is 5.60 Å². The van der Waals surface area contributed by atoms with Gasteiger partial charge in [0.25, 0.3) is 0 Å². The molecule has 2 aliphatic rings. The van der Waals surface area contributed by atoms with Gasteiger partial charge in [0.15, 0.2) is 0 Å². The number of nitrogens with zero attached hydrogens (tertiary/aromatic N) is 2. The van der Waals surface area contributed by atoms with E-state index in [1.807, 2.05) is 20.8 Å². The van der Waals surface area contributed by atoms with Crippen LogP contribution >= 0.6 is 0 Å². The number of nitrogens with one attached hydrogen (secondary N) is 1. The molecule has 7 heteroatoms. The number of hydrogen-bond donors (Lipinski definition) is 1. The first-order valence-corrected chi connectivity index (χ1v) is 8.86. The van der Waals surface area contributed by atoms with Gasteiger partial charge in [-0.3, -0.25) is 9.59 Å². The van der Waals surface area contributed by atoms with Gasteiger partial charge in [0.2, 0.25) is 11.8 Å². The van der Waals surface area contributed by atoms with E-state index in [1.165, 1.54) is 6.08 Å². The number of likely N-dealkylation sites (tertiary alicyclic amines) is 2. The third kappa shape index (κ3) is 5.47. The molecule has 7 nitrogen and oxygen atoms in total. The lowest BCUT2D eigenvalue weighted by atomic mass is 9.95. The Labute approximate surface area is 149 Å². The van der Waals surface area contributed by atoms with E-state index >= 15 is 0 Å². The van der Waals surface area contributed by atoms with E-state index in [1.54, 1.807) is 9.80 Å². The van der Waals surface area contributed by atoms with E-state index in [2.05, 4.69) is 11.9 Å². The van der Waals surface area contributed by atoms with Crippen LogP contribution in [-0.2, 0) is 14.3 Å². The molecule has 3 amide bonds. The normalized spacial score (nSPS) is 19.2. The summed E-state index contributed by atoms with van der Waals surface area (Å²) in [5.41, 5.74) is -0.488. The van der Waals surface area contributed by atoms with E-state index in [9.17, 15) is 14.4 Å². The molecule has 0 aromatic carbocycles. The van der Waals surface area contributed by atoms with Crippen LogP contribution in [0.1, 0.15) is 33.6 Å². The zero-order valence-corrected chi connectivity index (χ0v) is 15.4. The highest BCUT2D eigenvalue weighted by Crippen LogP contribution is 2.20. The molecule has 2 aliphatic heterocycles. The van der Waals surface area contributed by atoms with Gasteiger partial charge in [-0.05, 0) is 39.7 Å². The van der Waals surface area contributed by atoms with Crippen LogP contribution in [0.3, 0.4) is 0 Å². The first-order chi connectivity index (χ1) is 11.7. The van der Waals surface area contributed by atoms with E-state index in [0.29, 0.717) is 45.6 Å². The van der Waals surface area contributed by atoms with E-state index in [4.69, 9.17) is 4.74 Å². The summed E-state index contributed by atoms with van der Waals surface area (Å²) in [7, 11) is 0. The Hall–Kier alpha value is -2.05. The summed E-state index contributed by atoms with van der Waals surface area (Å²) in [5.74, 6) is 0.201. The molecule has 0 saturated carbocycles. The van der Waals surface area contributed by atoms with Crippen molar-refractivity contribution < 1.29 is 19.1 Å². The highest BCUT2D eigenvalue weighted by atomic mass is 16.6. The van der Waals surface area contributed by atoms with Crippen LogP contribution in [0.4, 0.5) is 4.79 Å².